The van der Waals surface area contributed by atoms with E-state index in [1.807, 2.05) is 30.0 Å². The van der Waals surface area contributed by atoms with Gasteiger partial charge in [-0.2, -0.15) is 0 Å². The molecule has 23 heavy (non-hydrogen) atoms. The van der Waals surface area contributed by atoms with Crippen molar-refractivity contribution < 1.29 is 4.79 Å². The molecule has 1 heterocycles. The highest BCUT2D eigenvalue weighted by molar-refractivity contribution is 5.97. The Hall–Kier alpha value is -2.00. The molecule has 1 saturated heterocycles. The number of hydrogen-bond acceptors (Lipinski definition) is 2. The summed E-state index contributed by atoms with van der Waals surface area (Å²) in [6.07, 6.45) is 2.07. The van der Waals surface area contributed by atoms with E-state index in [0.29, 0.717) is 5.69 Å². The minimum Gasteiger partial charge on any atom is -0.399 e. The lowest BCUT2D eigenvalue weighted by Crippen LogP contribution is -2.31. The molecule has 0 spiro atoms. The van der Waals surface area contributed by atoms with Crippen LogP contribution in [-0.4, -0.2) is 17.4 Å². The third-order valence-corrected chi connectivity index (χ3v) is 4.55. The molecule has 3 nitrogen and oxygen atoms in total. The van der Waals surface area contributed by atoms with Gasteiger partial charge in [0.05, 0.1) is 6.04 Å². The van der Waals surface area contributed by atoms with Crippen molar-refractivity contribution in [2.45, 2.75) is 32.7 Å². The Morgan fingerprint density at radius 3 is 2.61 bits per heavy atom. The minimum atomic E-state index is 0. The first kappa shape index (κ1) is 17.4. The maximum Gasteiger partial charge on any atom is 0.254 e. The molecule has 1 amide bonds. The van der Waals surface area contributed by atoms with Crippen molar-refractivity contribution in [2.75, 3.05) is 12.3 Å². The largest absolute Gasteiger partial charge is 0.399 e. The molecule has 1 atom stereocenters. The molecular formula is C19H23ClN2O. The van der Waals surface area contributed by atoms with Crippen LogP contribution in [0.1, 0.15) is 45.9 Å². The van der Waals surface area contributed by atoms with Gasteiger partial charge in [0.15, 0.2) is 0 Å². The SMILES string of the molecule is Cc1ccc(N)cc1C(=O)N1CCCC1c1ccccc1C.Cl. The van der Waals surface area contributed by atoms with Gasteiger partial charge in [-0.15, -0.1) is 12.4 Å². The van der Waals surface area contributed by atoms with Gasteiger partial charge in [0.2, 0.25) is 0 Å². The van der Waals surface area contributed by atoms with Crippen LogP contribution in [-0.2, 0) is 0 Å². The fraction of sp³-hybridized carbons (Fsp3) is 0.316. The number of aryl methyl sites for hydroxylation is 2. The van der Waals surface area contributed by atoms with E-state index < -0.39 is 0 Å². The lowest BCUT2D eigenvalue weighted by molar-refractivity contribution is 0.0734. The monoisotopic (exact) mass is 330 g/mol. The van der Waals surface area contributed by atoms with Crippen LogP contribution in [0.25, 0.3) is 0 Å². The Kier molecular flexibility index (Phi) is 5.32. The van der Waals surface area contributed by atoms with E-state index in [-0.39, 0.29) is 24.4 Å². The lowest BCUT2D eigenvalue weighted by Gasteiger charge is -2.27. The summed E-state index contributed by atoms with van der Waals surface area (Å²) >= 11 is 0. The smallest absolute Gasteiger partial charge is 0.254 e. The molecule has 2 aromatic carbocycles. The number of carbonyl (C=O) groups is 1. The van der Waals surface area contributed by atoms with Crippen molar-refractivity contribution in [3.05, 3.63) is 64.7 Å². The number of rotatable bonds is 2. The van der Waals surface area contributed by atoms with Gasteiger partial charge in [0, 0.05) is 17.8 Å². The predicted molar refractivity (Wildman–Crippen MR) is 97.0 cm³/mol. The summed E-state index contributed by atoms with van der Waals surface area (Å²) in [6.45, 7) is 4.89. The number of nitrogen functional groups attached to an aromatic ring is 1. The Morgan fingerprint density at radius 2 is 1.87 bits per heavy atom. The Labute approximate surface area is 143 Å². The molecule has 122 valence electrons. The van der Waals surface area contributed by atoms with Gasteiger partial charge in [0.25, 0.3) is 5.91 Å². The normalized spacial score (nSPS) is 17.0. The van der Waals surface area contributed by atoms with Crippen LogP contribution in [0.4, 0.5) is 5.69 Å². The van der Waals surface area contributed by atoms with E-state index >= 15 is 0 Å². The predicted octanol–water partition coefficient (Wildman–Crippen LogP) is 4.28. The van der Waals surface area contributed by atoms with Crippen molar-refractivity contribution in [1.82, 2.24) is 4.90 Å². The van der Waals surface area contributed by atoms with Gasteiger partial charge >= 0.3 is 0 Å². The zero-order valence-electron chi connectivity index (χ0n) is 13.6. The number of amides is 1. The maximum atomic E-state index is 13.0. The van der Waals surface area contributed by atoms with Gasteiger partial charge < -0.3 is 10.6 Å². The van der Waals surface area contributed by atoms with Gasteiger partial charge in [-0.3, -0.25) is 4.79 Å². The third-order valence-electron chi connectivity index (χ3n) is 4.55. The summed E-state index contributed by atoms with van der Waals surface area (Å²) in [7, 11) is 0. The fourth-order valence-corrected chi connectivity index (χ4v) is 3.32. The first-order valence-corrected chi connectivity index (χ1v) is 7.80. The van der Waals surface area contributed by atoms with E-state index in [4.69, 9.17) is 5.73 Å². The van der Waals surface area contributed by atoms with Gasteiger partial charge in [0.1, 0.15) is 0 Å². The summed E-state index contributed by atoms with van der Waals surface area (Å²) in [6, 6.07) is 14.1. The standard InChI is InChI=1S/C19H22N2O.ClH/c1-13-6-3-4-7-16(13)18-8-5-11-21(18)19(22)17-12-15(20)10-9-14(17)2;/h3-4,6-7,9-10,12,18H,5,8,11,20H2,1-2H3;1H. The number of hydrogen-bond donors (Lipinski definition) is 1. The van der Waals surface area contributed by atoms with Crippen LogP contribution < -0.4 is 5.73 Å². The number of halogens is 1. The highest BCUT2D eigenvalue weighted by Crippen LogP contribution is 2.35. The summed E-state index contributed by atoms with van der Waals surface area (Å²) in [5, 5.41) is 0. The average molecular weight is 331 g/mol. The maximum absolute atomic E-state index is 13.0. The van der Waals surface area contributed by atoms with Crippen LogP contribution >= 0.6 is 12.4 Å². The highest BCUT2D eigenvalue weighted by atomic mass is 35.5. The molecule has 1 unspecified atom stereocenters. The van der Waals surface area contributed by atoms with Gasteiger partial charge in [-0.05, 0) is 55.5 Å². The van der Waals surface area contributed by atoms with Crippen LogP contribution in [0, 0.1) is 13.8 Å². The molecule has 0 bridgehead atoms. The van der Waals surface area contributed by atoms with E-state index in [0.717, 1.165) is 30.5 Å². The number of benzene rings is 2. The van der Waals surface area contributed by atoms with Crippen LogP contribution in [0.3, 0.4) is 0 Å². The summed E-state index contributed by atoms with van der Waals surface area (Å²) in [5.74, 6) is 0.0931. The fourth-order valence-electron chi connectivity index (χ4n) is 3.32. The Balaban J connectivity index is 0.00000192. The molecule has 2 N–H and O–H groups in total. The van der Waals surface area contributed by atoms with Gasteiger partial charge in [-0.25, -0.2) is 0 Å². The number of anilines is 1. The van der Waals surface area contributed by atoms with Crippen LogP contribution in [0.5, 0.6) is 0 Å². The van der Waals surface area contributed by atoms with E-state index in [1.165, 1.54) is 11.1 Å². The zero-order valence-corrected chi connectivity index (χ0v) is 14.4. The molecule has 4 heteroatoms. The molecule has 1 aliphatic heterocycles. The van der Waals surface area contributed by atoms with Crippen LogP contribution in [0.2, 0.25) is 0 Å². The topological polar surface area (TPSA) is 46.3 Å². The Bertz CT molecular complexity index is 714. The molecule has 1 fully saturated rings. The molecule has 0 saturated carbocycles. The molecule has 3 rings (SSSR count). The molecule has 0 aromatic heterocycles. The molecule has 2 aromatic rings. The number of likely N-dealkylation sites (tertiary alicyclic amines) is 1. The first-order chi connectivity index (χ1) is 10.6. The van der Waals surface area contributed by atoms with Gasteiger partial charge in [-0.1, -0.05) is 30.3 Å². The molecule has 1 aliphatic rings. The quantitative estimate of drug-likeness (QED) is 0.835. The summed E-state index contributed by atoms with van der Waals surface area (Å²) in [4.78, 5) is 15.0. The van der Waals surface area contributed by atoms with E-state index in [1.54, 1.807) is 6.07 Å². The third kappa shape index (κ3) is 3.35. The lowest BCUT2D eigenvalue weighted by atomic mass is 9.98. The van der Waals surface area contributed by atoms with Crippen molar-refractivity contribution in [3.8, 4) is 0 Å². The average Bonchev–Trinajstić information content (AvgIpc) is 2.99. The molecular weight excluding hydrogens is 308 g/mol. The second-order valence-electron chi connectivity index (χ2n) is 6.09. The van der Waals surface area contributed by atoms with Crippen molar-refractivity contribution in [1.29, 1.82) is 0 Å². The molecule has 0 aliphatic carbocycles. The second kappa shape index (κ2) is 7.05. The second-order valence-corrected chi connectivity index (χ2v) is 6.09. The minimum absolute atomic E-state index is 0. The first-order valence-electron chi connectivity index (χ1n) is 7.80. The van der Waals surface area contributed by atoms with Crippen molar-refractivity contribution in [2.24, 2.45) is 0 Å². The zero-order chi connectivity index (χ0) is 15.7. The summed E-state index contributed by atoms with van der Waals surface area (Å²) in [5.41, 5.74) is 10.7. The molecule has 0 radical (unpaired) electrons. The summed E-state index contributed by atoms with van der Waals surface area (Å²) < 4.78 is 0. The van der Waals surface area contributed by atoms with Crippen molar-refractivity contribution in [3.63, 3.8) is 0 Å². The Morgan fingerprint density at radius 1 is 1.13 bits per heavy atom. The van der Waals surface area contributed by atoms with Crippen molar-refractivity contribution >= 4 is 24.0 Å². The van der Waals surface area contributed by atoms with E-state index in [9.17, 15) is 4.79 Å². The van der Waals surface area contributed by atoms with Crippen LogP contribution in [0.15, 0.2) is 42.5 Å². The number of nitrogens with zero attached hydrogens (tertiary/aromatic N) is 1. The number of carbonyl (C=O) groups excluding carboxylic acids is 1. The highest BCUT2D eigenvalue weighted by Gasteiger charge is 2.31. The van der Waals surface area contributed by atoms with E-state index in [2.05, 4.69) is 25.1 Å². The number of nitrogens with two attached hydrogens (primary N) is 1.